The average Bonchev–Trinajstić information content (AvgIpc) is 2.93. The first-order chi connectivity index (χ1) is 18.3. The third-order valence-corrected chi connectivity index (χ3v) is 5.85. The van der Waals surface area contributed by atoms with E-state index in [0.717, 1.165) is 5.56 Å². The van der Waals surface area contributed by atoms with E-state index in [1.807, 2.05) is 48.5 Å². The summed E-state index contributed by atoms with van der Waals surface area (Å²) in [6, 6.07) is 24.4. The lowest BCUT2D eigenvalue weighted by Crippen LogP contribution is -2.19. The minimum absolute atomic E-state index is 0.148. The van der Waals surface area contributed by atoms with E-state index < -0.39 is 11.9 Å². The van der Waals surface area contributed by atoms with Crippen molar-refractivity contribution in [3.63, 3.8) is 0 Å². The quantitative estimate of drug-likeness (QED) is 0.137. The van der Waals surface area contributed by atoms with Crippen LogP contribution in [0.25, 0.3) is 6.08 Å². The SMILES string of the molecule is CCOC(=O)/C(C#N)=C/c1ccc(OC(=O)COc2ccc(C(C)(C)c3ccccc3)cc2)c(OCC)c1. The maximum absolute atomic E-state index is 12.5. The summed E-state index contributed by atoms with van der Waals surface area (Å²) in [5.74, 6) is -0.275. The minimum Gasteiger partial charge on any atom is -0.490 e. The molecule has 0 saturated carbocycles. The molecule has 0 radical (unpaired) electrons. The van der Waals surface area contributed by atoms with Crippen LogP contribution in [0.4, 0.5) is 0 Å². The van der Waals surface area contributed by atoms with Gasteiger partial charge in [-0.05, 0) is 60.9 Å². The van der Waals surface area contributed by atoms with Crippen LogP contribution in [-0.4, -0.2) is 31.8 Å². The van der Waals surface area contributed by atoms with Gasteiger partial charge in [-0.3, -0.25) is 0 Å². The van der Waals surface area contributed by atoms with Gasteiger partial charge in [0.05, 0.1) is 13.2 Å². The maximum Gasteiger partial charge on any atom is 0.349 e. The second kappa shape index (κ2) is 13.1. The molecule has 7 heteroatoms. The van der Waals surface area contributed by atoms with Crippen LogP contribution in [0.5, 0.6) is 17.2 Å². The van der Waals surface area contributed by atoms with Crippen molar-refractivity contribution < 1.29 is 28.5 Å². The summed E-state index contributed by atoms with van der Waals surface area (Å²) in [5.41, 5.74) is 2.52. The van der Waals surface area contributed by atoms with Crippen molar-refractivity contribution in [2.75, 3.05) is 19.8 Å². The fourth-order valence-electron chi connectivity index (χ4n) is 3.76. The van der Waals surface area contributed by atoms with Crippen LogP contribution in [-0.2, 0) is 19.7 Å². The lowest BCUT2D eigenvalue weighted by atomic mass is 9.78. The Morgan fingerprint density at radius 1 is 0.868 bits per heavy atom. The van der Waals surface area contributed by atoms with Gasteiger partial charge in [0.25, 0.3) is 0 Å². The zero-order chi connectivity index (χ0) is 27.5. The summed E-state index contributed by atoms with van der Waals surface area (Å²) in [6.45, 7) is 7.96. The van der Waals surface area contributed by atoms with E-state index in [4.69, 9.17) is 18.9 Å². The van der Waals surface area contributed by atoms with Crippen molar-refractivity contribution in [1.82, 2.24) is 0 Å². The van der Waals surface area contributed by atoms with Crippen molar-refractivity contribution in [1.29, 1.82) is 5.26 Å². The molecule has 0 fully saturated rings. The molecule has 0 spiro atoms. The molecule has 0 N–H and O–H groups in total. The summed E-state index contributed by atoms with van der Waals surface area (Å²) < 4.78 is 21.6. The predicted octanol–water partition coefficient (Wildman–Crippen LogP) is 5.87. The zero-order valence-corrected chi connectivity index (χ0v) is 22.0. The second-order valence-electron chi connectivity index (χ2n) is 8.81. The molecule has 0 aliphatic carbocycles. The van der Waals surface area contributed by atoms with Crippen molar-refractivity contribution in [2.45, 2.75) is 33.1 Å². The molecule has 0 atom stereocenters. The summed E-state index contributed by atoms with van der Waals surface area (Å²) in [7, 11) is 0. The molecule has 0 aliphatic rings. The van der Waals surface area contributed by atoms with Crippen LogP contribution in [0.2, 0.25) is 0 Å². The summed E-state index contributed by atoms with van der Waals surface area (Å²) in [5, 5.41) is 9.26. The van der Waals surface area contributed by atoms with Crippen molar-refractivity contribution in [3.05, 3.63) is 95.1 Å². The molecule has 38 heavy (non-hydrogen) atoms. The van der Waals surface area contributed by atoms with Gasteiger partial charge in [-0.15, -0.1) is 0 Å². The normalized spacial score (nSPS) is 11.3. The van der Waals surface area contributed by atoms with E-state index in [-0.39, 0.29) is 30.0 Å². The molecule has 3 aromatic carbocycles. The number of hydrogen-bond donors (Lipinski definition) is 0. The lowest BCUT2D eigenvalue weighted by Gasteiger charge is -2.26. The van der Waals surface area contributed by atoms with Gasteiger partial charge in [0, 0.05) is 5.41 Å². The highest BCUT2D eigenvalue weighted by Gasteiger charge is 2.22. The van der Waals surface area contributed by atoms with Crippen LogP contribution in [0.3, 0.4) is 0 Å². The molecule has 0 amide bonds. The number of ether oxygens (including phenoxy) is 4. The Kier molecular flexibility index (Phi) is 9.66. The number of carbonyl (C=O) groups excluding carboxylic acids is 2. The highest BCUT2D eigenvalue weighted by molar-refractivity contribution is 5.98. The zero-order valence-electron chi connectivity index (χ0n) is 22.0. The van der Waals surface area contributed by atoms with Gasteiger partial charge >= 0.3 is 11.9 Å². The van der Waals surface area contributed by atoms with Gasteiger partial charge in [0.1, 0.15) is 17.4 Å². The van der Waals surface area contributed by atoms with Gasteiger partial charge in [-0.25, -0.2) is 9.59 Å². The third kappa shape index (κ3) is 7.23. The Balaban J connectivity index is 1.65. The Hall–Kier alpha value is -4.57. The first kappa shape index (κ1) is 28.0. The Labute approximate surface area is 223 Å². The second-order valence-corrected chi connectivity index (χ2v) is 8.81. The Bertz CT molecular complexity index is 1320. The van der Waals surface area contributed by atoms with Gasteiger partial charge < -0.3 is 18.9 Å². The van der Waals surface area contributed by atoms with Crippen molar-refractivity contribution in [2.24, 2.45) is 0 Å². The lowest BCUT2D eigenvalue weighted by molar-refractivity contribution is -0.138. The number of nitriles is 1. The summed E-state index contributed by atoms with van der Waals surface area (Å²) >= 11 is 0. The Morgan fingerprint density at radius 3 is 2.18 bits per heavy atom. The first-order valence-electron chi connectivity index (χ1n) is 12.3. The number of hydrogen-bond acceptors (Lipinski definition) is 7. The number of nitrogens with zero attached hydrogens (tertiary/aromatic N) is 1. The van der Waals surface area contributed by atoms with E-state index in [2.05, 4.69) is 26.0 Å². The fraction of sp³-hybridized carbons (Fsp3) is 0.258. The number of rotatable bonds is 11. The van der Waals surface area contributed by atoms with Crippen molar-refractivity contribution >= 4 is 18.0 Å². The maximum atomic E-state index is 12.5. The standard InChI is InChI=1S/C31H31NO6/c1-5-35-28-19-22(18-23(20-32)30(34)36-6-2)12-17-27(28)38-29(33)21-37-26-15-13-25(14-16-26)31(3,4)24-10-8-7-9-11-24/h7-19H,5-6,21H2,1-4H3/b23-18+. The summed E-state index contributed by atoms with van der Waals surface area (Å²) in [6.07, 6.45) is 1.39. The van der Waals surface area contributed by atoms with Crippen molar-refractivity contribution in [3.8, 4) is 23.3 Å². The van der Waals surface area contributed by atoms with Crippen LogP contribution in [0.1, 0.15) is 44.4 Å². The average molecular weight is 514 g/mol. The molecule has 0 bridgehead atoms. The highest BCUT2D eigenvalue weighted by Crippen LogP contribution is 2.32. The smallest absolute Gasteiger partial charge is 0.349 e. The molecule has 0 unspecified atom stereocenters. The van der Waals surface area contributed by atoms with E-state index in [1.165, 1.54) is 17.7 Å². The molecule has 196 valence electrons. The molecule has 7 nitrogen and oxygen atoms in total. The van der Waals surface area contributed by atoms with Gasteiger partial charge in [-0.1, -0.05) is 62.4 Å². The molecule has 3 rings (SSSR count). The van der Waals surface area contributed by atoms with Crippen LogP contribution >= 0.6 is 0 Å². The first-order valence-corrected chi connectivity index (χ1v) is 12.3. The predicted molar refractivity (Wildman–Crippen MR) is 144 cm³/mol. The van der Waals surface area contributed by atoms with Gasteiger partial charge in [0.2, 0.25) is 0 Å². The molecular formula is C31H31NO6. The van der Waals surface area contributed by atoms with E-state index in [1.54, 1.807) is 26.0 Å². The van der Waals surface area contributed by atoms with Gasteiger partial charge in [0.15, 0.2) is 18.1 Å². The van der Waals surface area contributed by atoms with E-state index in [9.17, 15) is 14.9 Å². The van der Waals surface area contributed by atoms with Crippen LogP contribution in [0, 0.1) is 11.3 Å². The van der Waals surface area contributed by atoms with E-state index >= 15 is 0 Å². The molecule has 0 heterocycles. The molecule has 0 saturated heterocycles. The fourth-order valence-corrected chi connectivity index (χ4v) is 3.76. The largest absolute Gasteiger partial charge is 0.490 e. The van der Waals surface area contributed by atoms with Crippen LogP contribution in [0.15, 0.2) is 78.4 Å². The number of carbonyl (C=O) groups is 2. The minimum atomic E-state index is -0.711. The number of esters is 2. The Morgan fingerprint density at radius 2 is 1.55 bits per heavy atom. The highest BCUT2D eigenvalue weighted by atomic mass is 16.6. The third-order valence-electron chi connectivity index (χ3n) is 5.85. The summed E-state index contributed by atoms with van der Waals surface area (Å²) in [4.78, 5) is 24.4. The monoisotopic (exact) mass is 513 g/mol. The van der Waals surface area contributed by atoms with Crippen LogP contribution < -0.4 is 14.2 Å². The molecule has 3 aromatic rings. The topological polar surface area (TPSA) is 94.9 Å². The molecular weight excluding hydrogens is 482 g/mol. The van der Waals surface area contributed by atoms with Gasteiger partial charge in [-0.2, -0.15) is 5.26 Å². The molecule has 0 aliphatic heterocycles. The van der Waals surface area contributed by atoms with E-state index in [0.29, 0.717) is 23.7 Å². The molecule has 0 aromatic heterocycles. The number of benzene rings is 3.